The lowest BCUT2D eigenvalue weighted by atomic mass is 10.1. The second kappa shape index (κ2) is 5.63. The van der Waals surface area contributed by atoms with Gasteiger partial charge in [0, 0.05) is 11.0 Å². The average Bonchev–Trinajstić information content (AvgIpc) is 2.27. The lowest BCUT2D eigenvalue weighted by molar-refractivity contribution is 0.0600. The van der Waals surface area contributed by atoms with Crippen molar-refractivity contribution in [2.24, 2.45) is 5.73 Å². The molecule has 0 aromatic heterocycles. The number of carbonyl (C=O) groups excluding carboxylic acids is 1. The van der Waals surface area contributed by atoms with Crippen LogP contribution in [0.5, 0.6) is 0 Å². The van der Waals surface area contributed by atoms with E-state index in [0.717, 1.165) is 10.0 Å². The zero-order valence-corrected chi connectivity index (χ0v) is 11.3. The third-order valence-corrected chi connectivity index (χ3v) is 3.55. The van der Waals surface area contributed by atoms with Crippen LogP contribution < -0.4 is 5.73 Å². The van der Waals surface area contributed by atoms with Crippen LogP contribution in [0.25, 0.3) is 0 Å². The van der Waals surface area contributed by atoms with Crippen LogP contribution in [0.15, 0.2) is 22.7 Å². The molecule has 0 saturated carbocycles. The van der Waals surface area contributed by atoms with E-state index < -0.39 is 0 Å². The van der Waals surface area contributed by atoms with E-state index in [2.05, 4.69) is 36.6 Å². The topological polar surface area (TPSA) is 52.3 Å². The summed E-state index contributed by atoms with van der Waals surface area (Å²) in [7, 11) is 1.36. The van der Waals surface area contributed by atoms with Crippen molar-refractivity contribution in [3.8, 4) is 0 Å². The Morgan fingerprint density at radius 1 is 1.60 bits per heavy atom. The van der Waals surface area contributed by atoms with Crippen LogP contribution in [0.4, 0.5) is 0 Å². The van der Waals surface area contributed by atoms with Crippen LogP contribution in [0, 0.1) is 0 Å². The normalized spacial score (nSPS) is 12.3. The minimum Gasteiger partial charge on any atom is -0.465 e. The summed E-state index contributed by atoms with van der Waals surface area (Å²) in [5.74, 6) is -0.347. The first-order valence-electron chi connectivity index (χ1n) is 4.32. The second-order valence-electron chi connectivity index (χ2n) is 2.93. The minimum atomic E-state index is -0.347. The summed E-state index contributed by atoms with van der Waals surface area (Å²) >= 11 is 6.84. The van der Waals surface area contributed by atoms with Crippen LogP contribution in [-0.4, -0.2) is 19.6 Å². The van der Waals surface area contributed by atoms with Gasteiger partial charge >= 0.3 is 5.97 Å². The summed E-state index contributed by atoms with van der Waals surface area (Å²) < 4.78 is 5.56. The first-order chi connectivity index (χ1) is 7.10. The summed E-state index contributed by atoms with van der Waals surface area (Å²) in [5.41, 5.74) is 7.01. The van der Waals surface area contributed by atoms with Crippen molar-refractivity contribution < 1.29 is 9.53 Å². The number of nitrogens with two attached hydrogens (primary N) is 1. The van der Waals surface area contributed by atoms with Crippen molar-refractivity contribution in [2.75, 3.05) is 13.7 Å². The first kappa shape index (κ1) is 12.7. The van der Waals surface area contributed by atoms with Gasteiger partial charge in [0.15, 0.2) is 0 Å². The zero-order chi connectivity index (χ0) is 11.4. The molecule has 0 aliphatic rings. The molecule has 0 spiro atoms. The van der Waals surface area contributed by atoms with Crippen molar-refractivity contribution in [1.29, 1.82) is 0 Å². The molecule has 1 aromatic rings. The molecule has 1 rings (SSSR count). The Morgan fingerprint density at radius 2 is 2.27 bits per heavy atom. The van der Waals surface area contributed by atoms with Crippen molar-refractivity contribution in [2.45, 2.75) is 4.83 Å². The Labute approximate surface area is 105 Å². The SMILES string of the molecule is COC(=O)c1ccc(Br)c(C(Br)CN)c1. The van der Waals surface area contributed by atoms with E-state index in [0.29, 0.717) is 12.1 Å². The monoisotopic (exact) mass is 335 g/mol. The molecule has 0 radical (unpaired) electrons. The average molecular weight is 337 g/mol. The highest BCUT2D eigenvalue weighted by Gasteiger charge is 2.13. The van der Waals surface area contributed by atoms with E-state index in [-0.39, 0.29) is 10.8 Å². The standard InChI is InChI=1S/C10H11Br2NO2/c1-15-10(14)6-2-3-8(11)7(4-6)9(12)5-13/h2-4,9H,5,13H2,1H3. The molecule has 0 bridgehead atoms. The third-order valence-electron chi connectivity index (χ3n) is 1.96. The van der Waals surface area contributed by atoms with E-state index in [4.69, 9.17) is 5.73 Å². The maximum atomic E-state index is 11.3. The second-order valence-corrected chi connectivity index (χ2v) is 4.89. The van der Waals surface area contributed by atoms with E-state index in [9.17, 15) is 4.79 Å². The van der Waals surface area contributed by atoms with Gasteiger partial charge in [-0.05, 0) is 23.8 Å². The third kappa shape index (κ3) is 3.03. The molecule has 0 fully saturated rings. The Balaban J connectivity index is 3.10. The summed E-state index contributed by atoms with van der Waals surface area (Å²) in [5, 5.41) is 0. The van der Waals surface area contributed by atoms with Gasteiger partial charge in [-0.3, -0.25) is 0 Å². The molecule has 5 heteroatoms. The predicted octanol–water partition coefficient (Wildman–Crippen LogP) is 2.63. The number of rotatable bonds is 3. The molecular weight excluding hydrogens is 326 g/mol. The lowest BCUT2D eigenvalue weighted by Gasteiger charge is -2.11. The molecule has 15 heavy (non-hydrogen) atoms. The molecule has 0 aliphatic heterocycles. The molecule has 1 aromatic carbocycles. The van der Waals surface area contributed by atoms with E-state index in [1.807, 2.05) is 6.07 Å². The van der Waals surface area contributed by atoms with Crippen LogP contribution in [0.3, 0.4) is 0 Å². The number of esters is 1. The van der Waals surface area contributed by atoms with E-state index in [1.54, 1.807) is 12.1 Å². The van der Waals surface area contributed by atoms with E-state index in [1.165, 1.54) is 7.11 Å². The van der Waals surface area contributed by atoms with Crippen molar-refractivity contribution in [3.63, 3.8) is 0 Å². The fourth-order valence-electron chi connectivity index (χ4n) is 1.16. The number of methoxy groups -OCH3 is 1. The van der Waals surface area contributed by atoms with Gasteiger partial charge in [-0.25, -0.2) is 4.79 Å². The number of halogens is 2. The molecule has 2 N–H and O–H groups in total. The van der Waals surface area contributed by atoms with E-state index >= 15 is 0 Å². The minimum absolute atomic E-state index is 0.0245. The molecule has 0 heterocycles. The van der Waals surface area contributed by atoms with Crippen molar-refractivity contribution >= 4 is 37.8 Å². The number of alkyl halides is 1. The van der Waals surface area contributed by atoms with Gasteiger partial charge in [0.25, 0.3) is 0 Å². The molecule has 0 saturated heterocycles. The van der Waals surface area contributed by atoms with Gasteiger partial charge in [0.2, 0.25) is 0 Å². The molecule has 0 aliphatic carbocycles. The van der Waals surface area contributed by atoms with Crippen molar-refractivity contribution in [3.05, 3.63) is 33.8 Å². The van der Waals surface area contributed by atoms with Crippen LogP contribution >= 0.6 is 31.9 Å². The van der Waals surface area contributed by atoms with Crippen LogP contribution in [0.2, 0.25) is 0 Å². The summed E-state index contributed by atoms with van der Waals surface area (Å²) in [4.78, 5) is 11.3. The Morgan fingerprint density at radius 3 is 2.80 bits per heavy atom. The molecule has 82 valence electrons. The molecule has 1 atom stereocenters. The van der Waals surface area contributed by atoms with Crippen molar-refractivity contribution in [1.82, 2.24) is 0 Å². The highest BCUT2D eigenvalue weighted by Crippen LogP contribution is 2.29. The molecule has 0 amide bonds. The zero-order valence-electron chi connectivity index (χ0n) is 8.17. The largest absolute Gasteiger partial charge is 0.465 e. The fourth-order valence-corrected chi connectivity index (χ4v) is 2.36. The van der Waals surface area contributed by atoms with Gasteiger partial charge in [-0.1, -0.05) is 31.9 Å². The van der Waals surface area contributed by atoms with Crippen LogP contribution in [-0.2, 0) is 4.74 Å². The van der Waals surface area contributed by atoms with Gasteiger partial charge < -0.3 is 10.5 Å². The van der Waals surface area contributed by atoms with Gasteiger partial charge in [-0.2, -0.15) is 0 Å². The Hall–Kier alpha value is -0.390. The molecule has 1 unspecified atom stereocenters. The number of benzene rings is 1. The summed E-state index contributed by atoms with van der Waals surface area (Å²) in [6.07, 6.45) is 0. The van der Waals surface area contributed by atoms with Crippen LogP contribution in [0.1, 0.15) is 20.7 Å². The highest BCUT2D eigenvalue weighted by atomic mass is 79.9. The lowest BCUT2D eigenvalue weighted by Crippen LogP contribution is -2.09. The number of hydrogen-bond acceptors (Lipinski definition) is 3. The molecular formula is C10H11Br2NO2. The summed E-state index contributed by atoms with van der Waals surface area (Å²) in [6, 6.07) is 5.28. The smallest absolute Gasteiger partial charge is 0.337 e. The number of carbonyl (C=O) groups is 1. The predicted molar refractivity (Wildman–Crippen MR) is 66.2 cm³/mol. The summed E-state index contributed by atoms with van der Waals surface area (Å²) in [6.45, 7) is 0.462. The maximum Gasteiger partial charge on any atom is 0.337 e. The maximum absolute atomic E-state index is 11.3. The Bertz CT molecular complexity index is 368. The fraction of sp³-hybridized carbons (Fsp3) is 0.300. The van der Waals surface area contributed by atoms with Gasteiger partial charge in [0.1, 0.15) is 0 Å². The molecule has 3 nitrogen and oxygen atoms in total. The Kier molecular flexibility index (Phi) is 4.76. The number of ether oxygens (including phenoxy) is 1. The van der Waals surface area contributed by atoms with Gasteiger partial charge in [-0.15, -0.1) is 0 Å². The number of hydrogen-bond donors (Lipinski definition) is 1. The van der Waals surface area contributed by atoms with Gasteiger partial charge in [0.05, 0.1) is 17.5 Å². The highest BCUT2D eigenvalue weighted by molar-refractivity contribution is 9.11. The quantitative estimate of drug-likeness (QED) is 0.682. The first-order valence-corrected chi connectivity index (χ1v) is 6.03.